The fourth-order valence-electron chi connectivity index (χ4n) is 1.42. The van der Waals surface area contributed by atoms with Gasteiger partial charge >= 0.3 is 5.97 Å². The van der Waals surface area contributed by atoms with Crippen LogP contribution in [0.25, 0.3) is 0 Å². The van der Waals surface area contributed by atoms with Gasteiger partial charge < -0.3 is 10.1 Å². The molecule has 0 unspecified atom stereocenters. The number of carbonyl (C=O) groups is 2. The number of nitrogens with one attached hydrogen (secondary N) is 1. The molecular weight excluding hydrogens is 276 g/mol. The molecule has 0 bridgehead atoms. The van der Waals surface area contributed by atoms with E-state index >= 15 is 0 Å². The Morgan fingerprint density at radius 2 is 2.00 bits per heavy atom. The maximum absolute atomic E-state index is 11.7. The van der Waals surface area contributed by atoms with Crippen LogP contribution in [0.4, 0.5) is 5.69 Å². The molecule has 0 aliphatic rings. The van der Waals surface area contributed by atoms with Crippen LogP contribution >= 0.6 is 0 Å². The molecule has 0 saturated carbocycles. The lowest BCUT2D eigenvalue weighted by Gasteiger charge is -2.17. The molecule has 21 heavy (non-hydrogen) atoms. The summed E-state index contributed by atoms with van der Waals surface area (Å²) in [6.45, 7) is 5.35. The molecule has 0 aliphatic carbocycles. The molecule has 1 atom stereocenters. The minimum absolute atomic E-state index is 0.0333. The summed E-state index contributed by atoms with van der Waals surface area (Å²) >= 11 is 0. The first-order valence-electron chi connectivity index (χ1n) is 6.52. The first kappa shape index (κ1) is 16.6. The summed E-state index contributed by atoms with van der Waals surface area (Å²) in [6.07, 6.45) is 0. The van der Waals surface area contributed by atoms with E-state index in [1.807, 2.05) is 20.8 Å². The Morgan fingerprint density at radius 1 is 1.33 bits per heavy atom. The Labute approximate surface area is 122 Å². The van der Waals surface area contributed by atoms with E-state index in [0.717, 1.165) is 6.07 Å². The molecule has 1 amide bonds. The lowest BCUT2D eigenvalue weighted by molar-refractivity contribution is -0.384. The Kier molecular flexibility index (Phi) is 5.83. The molecule has 1 aromatic carbocycles. The van der Waals surface area contributed by atoms with Crippen LogP contribution in [0.1, 0.15) is 31.1 Å². The maximum Gasteiger partial charge on any atom is 0.338 e. The Bertz CT molecular complexity index is 542. The molecule has 114 valence electrons. The summed E-state index contributed by atoms with van der Waals surface area (Å²) in [5.41, 5.74) is -0.170. The van der Waals surface area contributed by atoms with Crippen LogP contribution in [0.2, 0.25) is 0 Å². The van der Waals surface area contributed by atoms with E-state index in [1.54, 1.807) is 0 Å². The van der Waals surface area contributed by atoms with Crippen molar-refractivity contribution in [3.05, 3.63) is 39.9 Å². The van der Waals surface area contributed by atoms with Gasteiger partial charge in [-0.25, -0.2) is 4.79 Å². The van der Waals surface area contributed by atoms with Gasteiger partial charge in [-0.2, -0.15) is 0 Å². The molecule has 1 aromatic rings. The Hall–Kier alpha value is -2.44. The van der Waals surface area contributed by atoms with Gasteiger partial charge in [-0.15, -0.1) is 0 Å². The van der Waals surface area contributed by atoms with Crippen LogP contribution in [0, 0.1) is 16.0 Å². The zero-order chi connectivity index (χ0) is 16.0. The summed E-state index contributed by atoms with van der Waals surface area (Å²) in [6, 6.07) is 5.12. The van der Waals surface area contributed by atoms with Crippen LogP contribution in [0.3, 0.4) is 0 Å². The van der Waals surface area contributed by atoms with E-state index in [1.165, 1.54) is 18.2 Å². The number of nitro benzene ring substituents is 1. The number of amides is 1. The molecule has 7 nitrogen and oxygen atoms in total. The Balaban J connectivity index is 2.56. The first-order valence-corrected chi connectivity index (χ1v) is 6.52. The number of rotatable bonds is 6. The lowest BCUT2D eigenvalue weighted by atomic mass is 10.1. The average molecular weight is 294 g/mol. The van der Waals surface area contributed by atoms with Crippen molar-refractivity contribution in [1.82, 2.24) is 5.32 Å². The second-order valence-corrected chi connectivity index (χ2v) is 4.98. The second kappa shape index (κ2) is 7.37. The zero-order valence-corrected chi connectivity index (χ0v) is 12.2. The fraction of sp³-hybridized carbons (Fsp3) is 0.429. The largest absolute Gasteiger partial charge is 0.452 e. The van der Waals surface area contributed by atoms with Gasteiger partial charge in [0.1, 0.15) is 0 Å². The van der Waals surface area contributed by atoms with Crippen molar-refractivity contribution in [3.63, 3.8) is 0 Å². The third-order valence-electron chi connectivity index (χ3n) is 3.02. The van der Waals surface area contributed by atoms with Gasteiger partial charge in [0.2, 0.25) is 0 Å². The van der Waals surface area contributed by atoms with Crippen LogP contribution in [0.5, 0.6) is 0 Å². The highest BCUT2D eigenvalue weighted by molar-refractivity contribution is 5.91. The predicted octanol–water partition coefficient (Wildman–Crippen LogP) is 1.91. The first-order chi connectivity index (χ1) is 9.81. The van der Waals surface area contributed by atoms with Gasteiger partial charge in [0.25, 0.3) is 11.6 Å². The molecule has 0 aromatic heterocycles. The van der Waals surface area contributed by atoms with E-state index < -0.39 is 23.4 Å². The second-order valence-electron chi connectivity index (χ2n) is 4.98. The van der Waals surface area contributed by atoms with E-state index in [4.69, 9.17) is 4.74 Å². The van der Waals surface area contributed by atoms with Crippen LogP contribution in [0.15, 0.2) is 24.3 Å². The molecular formula is C14H18N2O5. The lowest BCUT2D eigenvalue weighted by Crippen LogP contribution is -2.38. The SMILES string of the molecule is CC(C)[C@@H](C)NC(=O)COC(=O)c1cccc([N+](=O)[O-])c1. The van der Waals surface area contributed by atoms with Crippen molar-refractivity contribution < 1.29 is 19.2 Å². The van der Waals surface area contributed by atoms with Crippen molar-refractivity contribution in [2.24, 2.45) is 5.92 Å². The number of hydrogen-bond acceptors (Lipinski definition) is 5. The van der Waals surface area contributed by atoms with Crippen molar-refractivity contribution in [2.75, 3.05) is 6.61 Å². The summed E-state index contributed by atoms with van der Waals surface area (Å²) in [7, 11) is 0. The number of nitro groups is 1. The van der Waals surface area contributed by atoms with Crippen molar-refractivity contribution in [3.8, 4) is 0 Å². The summed E-state index contributed by atoms with van der Waals surface area (Å²) < 4.78 is 4.83. The van der Waals surface area contributed by atoms with Gasteiger partial charge in [-0.3, -0.25) is 14.9 Å². The van der Waals surface area contributed by atoms with Crippen LogP contribution in [-0.2, 0) is 9.53 Å². The average Bonchev–Trinajstić information content (AvgIpc) is 2.44. The quantitative estimate of drug-likeness (QED) is 0.491. The van der Waals surface area contributed by atoms with E-state index in [9.17, 15) is 19.7 Å². The third kappa shape index (κ3) is 5.21. The zero-order valence-electron chi connectivity index (χ0n) is 12.2. The minimum atomic E-state index is -0.772. The standard InChI is InChI=1S/C14H18N2O5/c1-9(2)10(3)15-13(17)8-21-14(18)11-5-4-6-12(7-11)16(19)20/h4-7,9-10H,8H2,1-3H3,(H,15,17)/t10-/m1/s1. The molecule has 0 spiro atoms. The van der Waals surface area contributed by atoms with Crippen molar-refractivity contribution in [1.29, 1.82) is 0 Å². The number of hydrogen-bond donors (Lipinski definition) is 1. The summed E-state index contributed by atoms with van der Waals surface area (Å²) in [4.78, 5) is 33.3. The molecule has 0 fully saturated rings. The summed E-state index contributed by atoms with van der Waals surface area (Å²) in [5, 5.41) is 13.3. The number of non-ortho nitro benzene ring substituents is 1. The predicted molar refractivity (Wildman–Crippen MR) is 75.8 cm³/mol. The third-order valence-corrected chi connectivity index (χ3v) is 3.02. The Morgan fingerprint density at radius 3 is 2.57 bits per heavy atom. The number of nitrogens with zero attached hydrogens (tertiary/aromatic N) is 1. The smallest absolute Gasteiger partial charge is 0.338 e. The van der Waals surface area contributed by atoms with Crippen molar-refractivity contribution in [2.45, 2.75) is 26.8 Å². The number of benzene rings is 1. The van der Waals surface area contributed by atoms with Crippen molar-refractivity contribution >= 4 is 17.6 Å². The van der Waals surface area contributed by atoms with Gasteiger partial charge in [-0.05, 0) is 18.9 Å². The monoisotopic (exact) mass is 294 g/mol. The molecule has 7 heteroatoms. The topological polar surface area (TPSA) is 98.5 Å². The van der Waals surface area contributed by atoms with Crippen LogP contribution < -0.4 is 5.32 Å². The molecule has 1 rings (SSSR count). The van der Waals surface area contributed by atoms with E-state index in [-0.39, 0.29) is 23.2 Å². The highest BCUT2D eigenvalue weighted by Gasteiger charge is 2.15. The molecule has 1 N–H and O–H groups in total. The number of esters is 1. The van der Waals surface area contributed by atoms with E-state index in [0.29, 0.717) is 0 Å². The van der Waals surface area contributed by atoms with Gasteiger partial charge in [-0.1, -0.05) is 19.9 Å². The summed E-state index contributed by atoms with van der Waals surface area (Å²) in [5.74, 6) is -0.914. The highest BCUT2D eigenvalue weighted by Crippen LogP contribution is 2.13. The molecule has 0 saturated heterocycles. The number of carbonyl (C=O) groups excluding carboxylic acids is 2. The molecule has 0 aliphatic heterocycles. The maximum atomic E-state index is 11.7. The van der Waals surface area contributed by atoms with Gasteiger partial charge in [0.15, 0.2) is 6.61 Å². The van der Waals surface area contributed by atoms with Gasteiger partial charge in [0, 0.05) is 18.2 Å². The number of ether oxygens (including phenoxy) is 1. The van der Waals surface area contributed by atoms with Gasteiger partial charge in [0.05, 0.1) is 10.5 Å². The highest BCUT2D eigenvalue weighted by atomic mass is 16.6. The normalized spacial score (nSPS) is 11.8. The van der Waals surface area contributed by atoms with E-state index in [2.05, 4.69) is 5.32 Å². The van der Waals surface area contributed by atoms with Crippen LogP contribution in [-0.4, -0.2) is 29.4 Å². The molecule has 0 heterocycles. The molecule has 0 radical (unpaired) electrons. The minimum Gasteiger partial charge on any atom is -0.452 e. The fourth-order valence-corrected chi connectivity index (χ4v) is 1.42.